The number of pyridine rings is 1. The van der Waals surface area contributed by atoms with Crippen molar-refractivity contribution < 1.29 is 4.74 Å². The summed E-state index contributed by atoms with van der Waals surface area (Å²) in [4.78, 5) is 4.69. The highest BCUT2D eigenvalue weighted by molar-refractivity contribution is 7.98. The summed E-state index contributed by atoms with van der Waals surface area (Å²) in [6.07, 6.45) is 1.94. The van der Waals surface area contributed by atoms with Crippen molar-refractivity contribution in [3.05, 3.63) is 65.7 Å². The molecular weight excluding hydrogens is 328 g/mol. The smallest absolute Gasteiger partial charge is 0.118 e. The topological polar surface area (TPSA) is 45.9 Å². The summed E-state index contributed by atoms with van der Waals surface area (Å²) < 4.78 is 5.22. The number of hydrogen-bond donors (Lipinski definition) is 0. The molecule has 4 heteroatoms. The van der Waals surface area contributed by atoms with Gasteiger partial charge in [-0.05, 0) is 49.1 Å². The van der Waals surface area contributed by atoms with E-state index in [0.29, 0.717) is 5.56 Å². The molecule has 0 saturated carbocycles. The maximum absolute atomic E-state index is 9.66. The molecule has 0 bridgehead atoms. The molecule has 0 unspecified atom stereocenters. The van der Waals surface area contributed by atoms with Gasteiger partial charge in [0.1, 0.15) is 16.8 Å². The maximum atomic E-state index is 9.66. The molecule has 25 heavy (non-hydrogen) atoms. The van der Waals surface area contributed by atoms with Crippen molar-refractivity contribution in [1.29, 1.82) is 5.26 Å². The van der Waals surface area contributed by atoms with Gasteiger partial charge in [-0.3, -0.25) is 0 Å². The van der Waals surface area contributed by atoms with E-state index in [4.69, 9.17) is 9.72 Å². The van der Waals surface area contributed by atoms with Gasteiger partial charge in [0.2, 0.25) is 0 Å². The van der Waals surface area contributed by atoms with Crippen LogP contribution >= 0.6 is 11.8 Å². The highest BCUT2D eigenvalue weighted by Gasteiger charge is 2.14. The summed E-state index contributed by atoms with van der Waals surface area (Å²) in [5, 5.41) is 10.4. The Labute approximate surface area is 152 Å². The van der Waals surface area contributed by atoms with Gasteiger partial charge < -0.3 is 4.74 Å². The number of aryl methyl sites for hydroxylation is 1. The molecule has 0 aliphatic heterocycles. The average molecular weight is 346 g/mol. The number of aromatic nitrogens is 1. The van der Waals surface area contributed by atoms with E-state index in [-0.39, 0.29) is 0 Å². The summed E-state index contributed by atoms with van der Waals surface area (Å²) in [6, 6.07) is 20.3. The number of nitrogens with zero attached hydrogens (tertiary/aromatic N) is 2. The summed E-state index contributed by atoms with van der Waals surface area (Å²) in [6.45, 7) is 2.05. The minimum absolute atomic E-state index is 0.619. The molecule has 0 fully saturated rings. The molecule has 1 heterocycles. The number of methoxy groups -OCH3 is 1. The second kappa shape index (κ2) is 7.42. The normalized spacial score (nSPS) is 10.3. The Morgan fingerprint density at radius 1 is 1.00 bits per heavy atom. The molecule has 3 rings (SSSR count). The van der Waals surface area contributed by atoms with E-state index in [1.807, 2.05) is 48.7 Å². The van der Waals surface area contributed by atoms with Gasteiger partial charge in [0.15, 0.2) is 0 Å². The van der Waals surface area contributed by atoms with Gasteiger partial charge >= 0.3 is 0 Å². The lowest BCUT2D eigenvalue weighted by Crippen LogP contribution is -1.95. The van der Waals surface area contributed by atoms with Crippen molar-refractivity contribution >= 4 is 11.8 Å². The molecule has 2 aromatic carbocycles. The van der Waals surface area contributed by atoms with Crippen LogP contribution in [0.3, 0.4) is 0 Å². The zero-order chi connectivity index (χ0) is 17.8. The van der Waals surface area contributed by atoms with Crippen LogP contribution in [0.4, 0.5) is 0 Å². The number of rotatable bonds is 4. The van der Waals surface area contributed by atoms with E-state index < -0.39 is 0 Å². The predicted octanol–water partition coefficient (Wildman–Crippen LogP) is 5.33. The molecule has 3 nitrogen and oxygen atoms in total. The molecule has 0 aliphatic rings. The van der Waals surface area contributed by atoms with E-state index >= 15 is 0 Å². The van der Waals surface area contributed by atoms with Crippen molar-refractivity contribution in [3.63, 3.8) is 0 Å². The number of benzene rings is 2. The second-order valence-corrected chi connectivity index (χ2v) is 6.44. The van der Waals surface area contributed by atoms with Gasteiger partial charge in [-0.2, -0.15) is 5.26 Å². The summed E-state index contributed by atoms with van der Waals surface area (Å²) in [5.74, 6) is 0.807. The van der Waals surface area contributed by atoms with Crippen LogP contribution in [0.5, 0.6) is 5.75 Å². The molecule has 3 aromatic rings. The minimum atomic E-state index is 0.619. The largest absolute Gasteiger partial charge is 0.497 e. The third-order valence-electron chi connectivity index (χ3n) is 4.04. The van der Waals surface area contributed by atoms with Crippen molar-refractivity contribution in [1.82, 2.24) is 4.98 Å². The van der Waals surface area contributed by atoms with Crippen LogP contribution in [-0.4, -0.2) is 18.3 Å². The lowest BCUT2D eigenvalue weighted by molar-refractivity contribution is 0.415. The highest BCUT2D eigenvalue weighted by atomic mass is 32.2. The van der Waals surface area contributed by atoms with E-state index in [1.54, 1.807) is 7.11 Å². The van der Waals surface area contributed by atoms with Gasteiger partial charge in [-0.15, -0.1) is 11.8 Å². The fourth-order valence-corrected chi connectivity index (χ4v) is 3.20. The summed E-state index contributed by atoms with van der Waals surface area (Å²) >= 11 is 1.49. The first-order chi connectivity index (χ1) is 12.2. The van der Waals surface area contributed by atoms with E-state index in [9.17, 15) is 5.26 Å². The molecule has 0 radical (unpaired) electrons. The van der Waals surface area contributed by atoms with Gasteiger partial charge in [-0.1, -0.05) is 29.8 Å². The van der Waals surface area contributed by atoms with E-state index in [1.165, 1.54) is 17.3 Å². The van der Waals surface area contributed by atoms with Crippen LogP contribution in [-0.2, 0) is 0 Å². The molecule has 0 aliphatic carbocycles. The van der Waals surface area contributed by atoms with Gasteiger partial charge in [0.25, 0.3) is 0 Å². The predicted molar refractivity (Wildman–Crippen MR) is 103 cm³/mol. The maximum Gasteiger partial charge on any atom is 0.118 e. The first kappa shape index (κ1) is 17.1. The van der Waals surface area contributed by atoms with Crippen molar-refractivity contribution in [2.75, 3.05) is 13.4 Å². The monoisotopic (exact) mass is 346 g/mol. The third-order valence-corrected chi connectivity index (χ3v) is 4.72. The molecule has 0 atom stereocenters. The molecule has 0 N–H and O–H groups in total. The fraction of sp³-hybridized carbons (Fsp3) is 0.143. The standard InChI is InChI=1S/C21H18N2OS/c1-14-4-6-15(7-5-14)18-12-20(23-21(25-3)19(18)13-22)16-8-10-17(24-2)11-9-16/h4-12H,1-3H3. The van der Waals surface area contributed by atoms with Crippen LogP contribution in [0.1, 0.15) is 11.1 Å². The van der Waals surface area contributed by atoms with Gasteiger partial charge in [-0.25, -0.2) is 4.98 Å². The number of nitriles is 1. The SMILES string of the molecule is COc1ccc(-c2cc(-c3ccc(C)cc3)c(C#N)c(SC)n2)cc1. The highest BCUT2D eigenvalue weighted by Crippen LogP contribution is 2.33. The first-order valence-electron chi connectivity index (χ1n) is 7.87. The Kier molecular flexibility index (Phi) is 5.06. The number of thioether (sulfide) groups is 1. The number of ether oxygens (including phenoxy) is 1. The molecular formula is C21H18N2OS. The average Bonchev–Trinajstić information content (AvgIpc) is 2.67. The lowest BCUT2D eigenvalue weighted by Gasteiger charge is -2.12. The van der Waals surface area contributed by atoms with Crippen LogP contribution in [0.15, 0.2) is 59.6 Å². The van der Waals surface area contributed by atoms with E-state index in [0.717, 1.165) is 33.2 Å². The Balaban J connectivity index is 2.19. The van der Waals surface area contributed by atoms with Crippen molar-refractivity contribution in [2.24, 2.45) is 0 Å². The summed E-state index contributed by atoms with van der Waals surface area (Å²) in [5.41, 5.74) is 5.59. The minimum Gasteiger partial charge on any atom is -0.497 e. The first-order valence-corrected chi connectivity index (χ1v) is 9.09. The molecule has 0 spiro atoms. The third kappa shape index (κ3) is 3.52. The molecule has 0 saturated heterocycles. The van der Waals surface area contributed by atoms with Crippen LogP contribution in [0.2, 0.25) is 0 Å². The quantitative estimate of drug-likeness (QED) is 0.599. The Morgan fingerprint density at radius 3 is 2.20 bits per heavy atom. The lowest BCUT2D eigenvalue weighted by atomic mass is 9.98. The van der Waals surface area contributed by atoms with Crippen LogP contribution in [0, 0.1) is 18.3 Å². The van der Waals surface area contributed by atoms with Crippen molar-refractivity contribution in [2.45, 2.75) is 11.9 Å². The van der Waals surface area contributed by atoms with Crippen LogP contribution < -0.4 is 4.74 Å². The zero-order valence-corrected chi connectivity index (χ0v) is 15.2. The molecule has 124 valence electrons. The molecule has 0 amide bonds. The van der Waals surface area contributed by atoms with Crippen LogP contribution in [0.25, 0.3) is 22.4 Å². The van der Waals surface area contributed by atoms with Gasteiger partial charge in [0.05, 0.1) is 18.4 Å². The Bertz CT molecular complexity index is 926. The Morgan fingerprint density at radius 2 is 1.64 bits per heavy atom. The Hall–Kier alpha value is -2.77. The number of hydrogen-bond acceptors (Lipinski definition) is 4. The summed E-state index contributed by atoms with van der Waals surface area (Å²) in [7, 11) is 1.65. The van der Waals surface area contributed by atoms with Crippen molar-refractivity contribution in [3.8, 4) is 34.2 Å². The molecule has 1 aromatic heterocycles. The van der Waals surface area contributed by atoms with E-state index in [2.05, 4.69) is 25.1 Å². The van der Waals surface area contributed by atoms with Gasteiger partial charge in [0, 0.05) is 11.1 Å². The zero-order valence-electron chi connectivity index (χ0n) is 14.4. The second-order valence-electron chi connectivity index (χ2n) is 5.65. The fourth-order valence-electron chi connectivity index (χ4n) is 2.65.